The average molecular weight is 390 g/mol. The van der Waals surface area contributed by atoms with Gasteiger partial charge in [0.05, 0.1) is 12.1 Å². The number of carbonyl (C=O) groups is 1. The molecule has 2 aromatic carbocycles. The van der Waals surface area contributed by atoms with Gasteiger partial charge >= 0.3 is 0 Å². The van der Waals surface area contributed by atoms with Gasteiger partial charge in [0.1, 0.15) is 0 Å². The summed E-state index contributed by atoms with van der Waals surface area (Å²) in [6.07, 6.45) is 2.41. The summed E-state index contributed by atoms with van der Waals surface area (Å²) in [6, 6.07) is 15.9. The van der Waals surface area contributed by atoms with E-state index in [1.807, 2.05) is 49.6 Å². The number of aromatic nitrogens is 1. The van der Waals surface area contributed by atoms with Gasteiger partial charge in [0.25, 0.3) is 0 Å². The molecule has 3 nitrogen and oxygen atoms in total. The van der Waals surface area contributed by atoms with Crippen LogP contribution in [0.5, 0.6) is 0 Å². The van der Waals surface area contributed by atoms with E-state index in [4.69, 9.17) is 0 Å². The van der Waals surface area contributed by atoms with Gasteiger partial charge in [0.2, 0.25) is 5.91 Å². The summed E-state index contributed by atoms with van der Waals surface area (Å²) in [5, 5.41) is 4.11. The number of nitrogens with one attached hydrogen (secondary N) is 1. The Bertz CT molecular complexity index is 807. The standard InChI is InChI=1S/C17H15IN2O/c1-20-11-12(13-6-2-5-9-16(13)20)10-17(21)19-15-8-4-3-7-14(15)18/h2-9,11H,10H2,1H3,(H,19,21). The molecule has 0 aliphatic rings. The molecule has 0 aliphatic carbocycles. The molecule has 0 bridgehead atoms. The number of fused-ring (bicyclic) bond motifs is 1. The Hall–Kier alpha value is -1.82. The SMILES string of the molecule is Cn1cc(CC(=O)Nc2ccccc2I)c2ccccc21. The first-order valence-electron chi connectivity index (χ1n) is 6.72. The minimum absolute atomic E-state index is 0.00969. The monoisotopic (exact) mass is 390 g/mol. The summed E-state index contributed by atoms with van der Waals surface area (Å²) in [7, 11) is 2.00. The molecule has 0 unspecified atom stereocenters. The summed E-state index contributed by atoms with van der Waals surface area (Å²) < 4.78 is 3.10. The number of rotatable bonds is 3. The highest BCUT2D eigenvalue weighted by Crippen LogP contribution is 2.22. The summed E-state index contributed by atoms with van der Waals surface area (Å²) in [5.41, 5.74) is 3.06. The molecular formula is C17H15IN2O. The minimum atomic E-state index is 0.00969. The Balaban J connectivity index is 1.82. The molecule has 0 aliphatic heterocycles. The Labute approximate surface area is 137 Å². The Morgan fingerprint density at radius 1 is 1.14 bits per heavy atom. The van der Waals surface area contributed by atoms with Crippen LogP contribution in [0.3, 0.4) is 0 Å². The van der Waals surface area contributed by atoms with Gasteiger partial charge in [-0.05, 0) is 46.4 Å². The van der Waals surface area contributed by atoms with Crippen LogP contribution in [0, 0.1) is 3.57 Å². The van der Waals surface area contributed by atoms with E-state index < -0.39 is 0 Å². The average Bonchev–Trinajstić information content (AvgIpc) is 2.79. The normalized spacial score (nSPS) is 10.8. The van der Waals surface area contributed by atoms with E-state index in [0.29, 0.717) is 6.42 Å². The fourth-order valence-electron chi connectivity index (χ4n) is 2.50. The predicted octanol–water partition coefficient (Wildman–Crippen LogP) is 3.96. The van der Waals surface area contributed by atoms with Crippen molar-refractivity contribution in [2.75, 3.05) is 5.32 Å². The van der Waals surface area contributed by atoms with Crippen molar-refractivity contribution in [1.29, 1.82) is 0 Å². The zero-order valence-corrected chi connectivity index (χ0v) is 13.8. The van der Waals surface area contributed by atoms with Crippen molar-refractivity contribution in [1.82, 2.24) is 4.57 Å². The molecule has 0 saturated heterocycles. The highest BCUT2D eigenvalue weighted by Gasteiger charge is 2.11. The molecule has 3 rings (SSSR count). The van der Waals surface area contributed by atoms with Crippen LogP contribution in [-0.4, -0.2) is 10.5 Å². The predicted molar refractivity (Wildman–Crippen MR) is 94.4 cm³/mol. The molecule has 1 N–H and O–H groups in total. The second-order valence-corrected chi connectivity index (χ2v) is 6.15. The maximum atomic E-state index is 12.3. The van der Waals surface area contributed by atoms with Crippen LogP contribution < -0.4 is 5.32 Å². The zero-order chi connectivity index (χ0) is 14.8. The first-order valence-corrected chi connectivity index (χ1v) is 7.80. The first kappa shape index (κ1) is 14.1. The molecule has 106 valence electrons. The number of hydrogen-bond donors (Lipinski definition) is 1. The van der Waals surface area contributed by atoms with E-state index in [9.17, 15) is 4.79 Å². The van der Waals surface area contributed by atoms with Crippen LogP contribution in [0.15, 0.2) is 54.7 Å². The topological polar surface area (TPSA) is 34.0 Å². The van der Waals surface area contributed by atoms with E-state index in [1.165, 1.54) is 0 Å². The molecule has 3 aromatic rings. The number of carbonyl (C=O) groups excluding carboxylic acids is 1. The van der Waals surface area contributed by atoms with Crippen molar-refractivity contribution >= 4 is 45.1 Å². The van der Waals surface area contributed by atoms with Gasteiger partial charge in [-0.25, -0.2) is 0 Å². The van der Waals surface area contributed by atoms with Crippen LogP contribution in [-0.2, 0) is 18.3 Å². The summed E-state index contributed by atoms with van der Waals surface area (Å²) in [4.78, 5) is 12.3. The van der Waals surface area contributed by atoms with Crippen molar-refractivity contribution < 1.29 is 4.79 Å². The van der Waals surface area contributed by atoms with Gasteiger partial charge in [0.15, 0.2) is 0 Å². The number of para-hydroxylation sites is 2. The third-order valence-corrected chi connectivity index (χ3v) is 4.42. The Morgan fingerprint density at radius 3 is 2.67 bits per heavy atom. The minimum Gasteiger partial charge on any atom is -0.350 e. The van der Waals surface area contributed by atoms with Gasteiger partial charge in [-0.2, -0.15) is 0 Å². The van der Waals surface area contributed by atoms with Crippen molar-refractivity contribution in [2.45, 2.75) is 6.42 Å². The van der Waals surface area contributed by atoms with E-state index in [0.717, 1.165) is 25.7 Å². The van der Waals surface area contributed by atoms with E-state index in [1.54, 1.807) is 0 Å². The van der Waals surface area contributed by atoms with E-state index in [-0.39, 0.29) is 5.91 Å². The summed E-state index contributed by atoms with van der Waals surface area (Å²) in [6.45, 7) is 0. The molecule has 1 amide bonds. The number of anilines is 1. The molecule has 0 spiro atoms. The molecule has 0 fully saturated rings. The number of benzene rings is 2. The van der Waals surface area contributed by atoms with E-state index >= 15 is 0 Å². The lowest BCUT2D eigenvalue weighted by atomic mass is 10.1. The maximum absolute atomic E-state index is 12.3. The Kier molecular flexibility index (Phi) is 3.96. The number of aryl methyl sites for hydroxylation is 1. The zero-order valence-electron chi connectivity index (χ0n) is 11.6. The number of halogens is 1. The molecule has 0 saturated carbocycles. The largest absolute Gasteiger partial charge is 0.350 e. The molecule has 0 radical (unpaired) electrons. The van der Waals surface area contributed by atoms with Gasteiger partial charge < -0.3 is 9.88 Å². The number of hydrogen-bond acceptors (Lipinski definition) is 1. The lowest BCUT2D eigenvalue weighted by Crippen LogP contribution is -2.15. The fraction of sp³-hybridized carbons (Fsp3) is 0.118. The second kappa shape index (κ2) is 5.89. The molecule has 4 heteroatoms. The molecule has 1 aromatic heterocycles. The highest BCUT2D eigenvalue weighted by molar-refractivity contribution is 14.1. The number of nitrogens with zero attached hydrogens (tertiary/aromatic N) is 1. The van der Waals surface area contributed by atoms with Crippen molar-refractivity contribution in [3.05, 3.63) is 63.9 Å². The van der Waals surface area contributed by atoms with E-state index in [2.05, 4.69) is 44.6 Å². The number of amides is 1. The van der Waals surface area contributed by atoms with Crippen LogP contribution in [0.2, 0.25) is 0 Å². The van der Waals surface area contributed by atoms with Gasteiger partial charge in [-0.15, -0.1) is 0 Å². The quantitative estimate of drug-likeness (QED) is 0.675. The van der Waals surface area contributed by atoms with Gasteiger partial charge in [0, 0.05) is 27.7 Å². The summed E-state index contributed by atoms with van der Waals surface area (Å²) in [5.74, 6) is 0.00969. The summed E-state index contributed by atoms with van der Waals surface area (Å²) >= 11 is 2.22. The van der Waals surface area contributed by atoms with Gasteiger partial charge in [-0.3, -0.25) is 4.79 Å². The van der Waals surface area contributed by atoms with Crippen LogP contribution in [0.1, 0.15) is 5.56 Å². The molecule has 0 atom stereocenters. The van der Waals surface area contributed by atoms with Crippen molar-refractivity contribution in [3.8, 4) is 0 Å². The van der Waals surface area contributed by atoms with Crippen LogP contribution >= 0.6 is 22.6 Å². The third-order valence-electron chi connectivity index (χ3n) is 3.48. The van der Waals surface area contributed by atoms with Crippen LogP contribution in [0.4, 0.5) is 5.69 Å². The maximum Gasteiger partial charge on any atom is 0.228 e. The molecule has 1 heterocycles. The van der Waals surface area contributed by atoms with Crippen molar-refractivity contribution in [3.63, 3.8) is 0 Å². The fourth-order valence-corrected chi connectivity index (χ4v) is 3.02. The van der Waals surface area contributed by atoms with Gasteiger partial charge in [-0.1, -0.05) is 30.3 Å². The smallest absolute Gasteiger partial charge is 0.228 e. The van der Waals surface area contributed by atoms with Crippen LogP contribution in [0.25, 0.3) is 10.9 Å². The first-order chi connectivity index (χ1) is 10.1. The molecular weight excluding hydrogens is 375 g/mol. The lowest BCUT2D eigenvalue weighted by Gasteiger charge is -2.06. The second-order valence-electron chi connectivity index (χ2n) is 4.99. The lowest BCUT2D eigenvalue weighted by molar-refractivity contribution is -0.115. The highest BCUT2D eigenvalue weighted by atomic mass is 127. The third kappa shape index (κ3) is 2.95. The van der Waals surface area contributed by atoms with Crippen molar-refractivity contribution in [2.24, 2.45) is 7.05 Å². The Morgan fingerprint density at radius 2 is 1.86 bits per heavy atom. The molecule has 21 heavy (non-hydrogen) atoms.